The fraction of sp³-hybridized carbons (Fsp3) is 0.308. The van der Waals surface area contributed by atoms with Crippen molar-refractivity contribution in [2.24, 2.45) is 0 Å². The number of rotatable bonds is 5. The van der Waals surface area contributed by atoms with Crippen molar-refractivity contribution < 1.29 is 4.79 Å². The van der Waals surface area contributed by atoms with E-state index >= 15 is 0 Å². The molecule has 100 valence electrons. The zero-order chi connectivity index (χ0) is 13.7. The molecule has 0 radical (unpaired) electrons. The van der Waals surface area contributed by atoms with Crippen LogP contribution in [0.5, 0.6) is 0 Å². The van der Waals surface area contributed by atoms with Gasteiger partial charge in [0.2, 0.25) is 0 Å². The Hall–Kier alpha value is -1.46. The number of hydrogen-bond donors (Lipinski definition) is 1. The summed E-state index contributed by atoms with van der Waals surface area (Å²) in [4.78, 5) is 13.2. The smallest absolute Gasteiger partial charge is 0.272 e. The summed E-state index contributed by atoms with van der Waals surface area (Å²) in [6.45, 7) is 2.09. The number of thiophene rings is 1. The van der Waals surface area contributed by atoms with Crippen LogP contribution < -0.4 is 5.32 Å². The topological polar surface area (TPSA) is 54.9 Å². The van der Waals surface area contributed by atoms with Crippen molar-refractivity contribution >= 4 is 28.8 Å². The van der Waals surface area contributed by atoms with Crippen LogP contribution in [0, 0.1) is 0 Å². The second-order valence-electron chi connectivity index (χ2n) is 4.07. The summed E-state index contributed by atoms with van der Waals surface area (Å²) in [7, 11) is 0. The lowest BCUT2D eigenvalue weighted by atomic mass is 10.1. The molecule has 0 aliphatic heterocycles. The Morgan fingerprint density at radius 3 is 2.84 bits per heavy atom. The average molecular weight is 296 g/mol. The van der Waals surface area contributed by atoms with Gasteiger partial charge in [0.15, 0.2) is 10.8 Å². The molecule has 0 fully saturated rings. The number of amides is 1. The van der Waals surface area contributed by atoms with Gasteiger partial charge in [0.05, 0.1) is 6.04 Å². The SMILES string of the molecule is CCCC(NC(=O)c1ccc(Cl)nn1)c1cccs1. The lowest BCUT2D eigenvalue weighted by molar-refractivity contribution is 0.0929. The summed E-state index contributed by atoms with van der Waals surface area (Å²) >= 11 is 7.29. The van der Waals surface area contributed by atoms with Gasteiger partial charge in [0.25, 0.3) is 5.91 Å². The molecule has 1 atom stereocenters. The summed E-state index contributed by atoms with van der Waals surface area (Å²) in [6.07, 6.45) is 1.89. The molecule has 1 amide bonds. The van der Waals surface area contributed by atoms with E-state index < -0.39 is 0 Å². The fourth-order valence-corrected chi connectivity index (χ4v) is 2.65. The van der Waals surface area contributed by atoms with Gasteiger partial charge in [-0.2, -0.15) is 0 Å². The molecule has 0 aliphatic carbocycles. The Bertz CT molecular complexity index is 527. The maximum Gasteiger partial charge on any atom is 0.272 e. The van der Waals surface area contributed by atoms with Gasteiger partial charge in [0, 0.05) is 4.88 Å². The number of nitrogens with one attached hydrogen (secondary N) is 1. The molecule has 0 saturated carbocycles. The Morgan fingerprint density at radius 2 is 2.26 bits per heavy atom. The minimum absolute atomic E-state index is 0.0231. The molecule has 2 rings (SSSR count). The molecular weight excluding hydrogens is 282 g/mol. The first-order chi connectivity index (χ1) is 9.20. The van der Waals surface area contributed by atoms with E-state index in [0.717, 1.165) is 17.7 Å². The van der Waals surface area contributed by atoms with Crippen molar-refractivity contribution in [3.8, 4) is 0 Å². The van der Waals surface area contributed by atoms with Gasteiger partial charge in [-0.25, -0.2) is 0 Å². The van der Waals surface area contributed by atoms with E-state index in [4.69, 9.17) is 11.6 Å². The predicted molar refractivity (Wildman–Crippen MR) is 76.5 cm³/mol. The normalized spacial score (nSPS) is 12.1. The Kier molecular flexibility index (Phi) is 4.87. The fourth-order valence-electron chi connectivity index (χ4n) is 1.73. The summed E-state index contributed by atoms with van der Waals surface area (Å²) in [5, 5.41) is 12.7. The highest BCUT2D eigenvalue weighted by Gasteiger charge is 2.16. The van der Waals surface area contributed by atoms with Crippen LogP contribution in [0.25, 0.3) is 0 Å². The lowest BCUT2D eigenvalue weighted by Crippen LogP contribution is -2.28. The predicted octanol–water partition coefficient (Wildman–Crippen LogP) is 3.46. The van der Waals surface area contributed by atoms with Crippen LogP contribution in [0.2, 0.25) is 5.15 Å². The number of aromatic nitrogens is 2. The summed E-state index contributed by atoms with van der Waals surface area (Å²) in [5.41, 5.74) is 0.280. The van der Waals surface area contributed by atoms with E-state index in [9.17, 15) is 4.79 Å². The Morgan fingerprint density at radius 1 is 1.42 bits per heavy atom. The highest BCUT2D eigenvalue weighted by Crippen LogP contribution is 2.23. The molecular formula is C13H14ClN3OS. The van der Waals surface area contributed by atoms with Crippen LogP contribution in [0.1, 0.15) is 41.2 Å². The van der Waals surface area contributed by atoms with Crippen LogP contribution in [0.4, 0.5) is 0 Å². The lowest BCUT2D eigenvalue weighted by Gasteiger charge is -2.16. The van der Waals surface area contributed by atoms with Crippen LogP contribution in [-0.2, 0) is 0 Å². The maximum absolute atomic E-state index is 12.1. The van der Waals surface area contributed by atoms with Gasteiger partial charge in [-0.3, -0.25) is 4.79 Å². The second-order valence-corrected chi connectivity index (χ2v) is 5.44. The van der Waals surface area contributed by atoms with Crippen LogP contribution >= 0.6 is 22.9 Å². The molecule has 0 spiro atoms. The van der Waals surface area contributed by atoms with Crippen molar-refractivity contribution in [3.63, 3.8) is 0 Å². The first-order valence-electron chi connectivity index (χ1n) is 6.04. The van der Waals surface area contributed by atoms with E-state index in [0.29, 0.717) is 0 Å². The third-order valence-electron chi connectivity index (χ3n) is 2.63. The molecule has 0 bridgehead atoms. The van der Waals surface area contributed by atoms with Gasteiger partial charge >= 0.3 is 0 Å². The molecule has 0 aliphatic rings. The van der Waals surface area contributed by atoms with Crippen molar-refractivity contribution in [1.29, 1.82) is 0 Å². The van der Waals surface area contributed by atoms with Gasteiger partial charge in [-0.05, 0) is 30.0 Å². The molecule has 4 nitrogen and oxygen atoms in total. The van der Waals surface area contributed by atoms with E-state index in [-0.39, 0.29) is 22.8 Å². The van der Waals surface area contributed by atoms with E-state index in [1.807, 2.05) is 17.5 Å². The summed E-state index contributed by atoms with van der Waals surface area (Å²) < 4.78 is 0. The van der Waals surface area contributed by atoms with E-state index in [2.05, 4.69) is 22.4 Å². The van der Waals surface area contributed by atoms with E-state index in [1.54, 1.807) is 23.5 Å². The number of carbonyl (C=O) groups excluding carboxylic acids is 1. The summed E-state index contributed by atoms with van der Waals surface area (Å²) in [6, 6.07) is 7.16. The van der Waals surface area contributed by atoms with Crippen LogP contribution in [0.3, 0.4) is 0 Å². The largest absolute Gasteiger partial charge is 0.343 e. The number of nitrogens with zero attached hydrogens (tertiary/aromatic N) is 2. The van der Waals surface area contributed by atoms with Crippen molar-refractivity contribution in [2.75, 3.05) is 0 Å². The van der Waals surface area contributed by atoms with Gasteiger partial charge in [-0.15, -0.1) is 21.5 Å². The van der Waals surface area contributed by atoms with Gasteiger partial charge < -0.3 is 5.32 Å². The monoisotopic (exact) mass is 295 g/mol. The third kappa shape index (κ3) is 3.75. The molecule has 2 aromatic rings. The highest BCUT2D eigenvalue weighted by atomic mass is 35.5. The zero-order valence-corrected chi connectivity index (χ0v) is 12.0. The van der Waals surface area contributed by atoms with Crippen LogP contribution in [0.15, 0.2) is 29.6 Å². The number of hydrogen-bond acceptors (Lipinski definition) is 4. The first kappa shape index (κ1) is 14.0. The maximum atomic E-state index is 12.1. The van der Waals surface area contributed by atoms with E-state index in [1.165, 1.54) is 0 Å². The van der Waals surface area contributed by atoms with Crippen LogP contribution in [-0.4, -0.2) is 16.1 Å². The Balaban J connectivity index is 2.09. The summed E-state index contributed by atoms with van der Waals surface area (Å²) in [5.74, 6) is -0.226. The molecule has 19 heavy (non-hydrogen) atoms. The highest BCUT2D eigenvalue weighted by molar-refractivity contribution is 7.10. The molecule has 1 N–H and O–H groups in total. The average Bonchev–Trinajstić information content (AvgIpc) is 2.92. The standard InChI is InChI=1S/C13H14ClN3OS/c1-2-4-9(11-5-3-8-19-11)15-13(18)10-6-7-12(14)17-16-10/h3,5-9H,2,4H2,1H3,(H,15,18). The van der Waals surface area contributed by atoms with Gasteiger partial charge in [0.1, 0.15) is 0 Å². The van der Waals surface area contributed by atoms with Crippen molar-refractivity contribution in [3.05, 3.63) is 45.4 Å². The molecule has 6 heteroatoms. The first-order valence-corrected chi connectivity index (χ1v) is 7.30. The van der Waals surface area contributed by atoms with Gasteiger partial charge in [-0.1, -0.05) is 31.0 Å². The number of carbonyl (C=O) groups is 1. The minimum atomic E-state index is -0.226. The Labute approximate surface area is 120 Å². The molecule has 0 aromatic carbocycles. The minimum Gasteiger partial charge on any atom is -0.343 e. The third-order valence-corrected chi connectivity index (χ3v) is 3.82. The van der Waals surface area contributed by atoms with Crippen molar-refractivity contribution in [2.45, 2.75) is 25.8 Å². The molecule has 2 heterocycles. The quantitative estimate of drug-likeness (QED) is 0.919. The van der Waals surface area contributed by atoms with Crippen molar-refractivity contribution in [1.82, 2.24) is 15.5 Å². The molecule has 2 aromatic heterocycles. The molecule has 1 unspecified atom stereocenters. The number of halogens is 1. The zero-order valence-electron chi connectivity index (χ0n) is 10.5. The second kappa shape index (κ2) is 6.63. The molecule has 0 saturated heterocycles.